The second-order valence-corrected chi connectivity index (χ2v) is 7.18. The molecule has 0 amide bonds. The first-order valence-corrected chi connectivity index (χ1v) is 8.61. The highest BCUT2D eigenvalue weighted by atomic mass is 79.9. The van der Waals surface area contributed by atoms with Gasteiger partial charge in [-0.1, -0.05) is 13.8 Å². The van der Waals surface area contributed by atoms with Crippen molar-refractivity contribution in [2.45, 2.75) is 31.8 Å². The van der Waals surface area contributed by atoms with Crippen LogP contribution in [0, 0.1) is 5.92 Å². The summed E-state index contributed by atoms with van der Waals surface area (Å²) in [6, 6.07) is 1.29. The molecule has 0 saturated heterocycles. The van der Waals surface area contributed by atoms with E-state index in [1.807, 2.05) is 0 Å². The fourth-order valence-electron chi connectivity index (χ4n) is 1.44. The van der Waals surface area contributed by atoms with Gasteiger partial charge in [0, 0.05) is 25.8 Å². The minimum absolute atomic E-state index is 0.00958. The molecule has 0 aromatic carbocycles. The van der Waals surface area contributed by atoms with Crippen molar-refractivity contribution < 1.29 is 22.7 Å². The molecule has 0 spiro atoms. The van der Waals surface area contributed by atoms with Crippen LogP contribution in [0.4, 0.5) is 0 Å². The van der Waals surface area contributed by atoms with E-state index in [0.717, 1.165) is 0 Å². The van der Waals surface area contributed by atoms with Crippen molar-refractivity contribution in [2.24, 2.45) is 5.92 Å². The first kappa shape index (κ1) is 17.6. The van der Waals surface area contributed by atoms with Crippen LogP contribution in [0.2, 0.25) is 0 Å². The molecule has 1 aromatic heterocycles. The largest absolute Gasteiger partial charge is 0.450 e. The predicted octanol–water partition coefficient (Wildman–Crippen LogP) is 1.88. The number of aliphatic hydroxyl groups is 1. The second-order valence-electron chi connectivity index (χ2n) is 4.73. The van der Waals surface area contributed by atoms with E-state index in [1.165, 1.54) is 6.07 Å². The van der Waals surface area contributed by atoms with Gasteiger partial charge in [-0.3, -0.25) is 0 Å². The van der Waals surface area contributed by atoms with Gasteiger partial charge in [0.25, 0.3) is 0 Å². The molecule has 0 fully saturated rings. The minimum Gasteiger partial charge on any atom is -0.450 e. The van der Waals surface area contributed by atoms with Gasteiger partial charge >= 0.3 is 0 Å². The molecule has 1 aromatic rings. The van der Waals surface area contributed by atoms with Crippen molar-refractivity contribution in [1.82, 2.24) is 4.72 Å². The van der Waals surface area contributed by atoms with E-state index in [4.69, 9.17) is 14.3 Å². The van der Waals surface area contributed by atoms with E-state index in [1.54, 1.807) is 0 Å². The normalized spacial score (nSPS) is 12.2. The number of nitrogens with one attached hydrogen (secondary N) is 1. The number of aliphatic hydroxyl groups excluding tert-OH is 1. The smallest absolute Gasteiger partial charge is 0.244 e. The average Bonchev–Trinajstić information content (AvgIpc) is 2.75. The summed E-state index contributed by atoms with van der Waals surface area (Å²) in [5.74, 6) is 0.656. The van der Waals surface area contributed by atoms with E-state index in [0.29, 0.717) is 25.6 Å². The van der Waals surface area contributed by atoms with Crippen LogP contribution in [0.3, 0.4) is 0 Å². The summed E-state index contributed by atoms with van der Waals surface area (Å²) in [7, 11) is -3.64. The highest BCUT2D eigenvalue weighted by Crippen LogP contribution is 2.25. The molecule has 6 nitrogen and oxygen atoms in total. The third kappa shape index (κ3) is 5.53. The third-order valence-corrected chi connectivity index (χ3v) is 4.68. The zero-order valence-corrected chi connectivity index (χ0v) is 14.0. The molecule has 0 atom stereocenters. The monoisotopic (exact) mass is 369 g/mol. The molecule has 0 aliphatic heterocycles. The summed E-state index contributed by atoms with van der Waals surface area (Å²) < 4.78 is 37.0. The van der Waals surface area contributed by atoms with Crippen molar-refractivity contribution in [3.05, 3.63) is 16.5 Å². The van der Waals surface area contributed by atoms with Gasteiger partial charge < -0.3 is 14.3 Å². The number of sulfonamides is 1. The number of hydrogen-bond donors (Lipinski definition) is 2. The highest BCUT2D eigenvalue weighted by Gasteiger charge is 2.21. The molecule has 0 bridgehead atoms. The lowest BCUT2D eigenvalue weighted by atomic mass is 10.2. The topological polar surface area (TPSA) is 88.8 Å². The Kier molecular flexibility index (Phi) is 7.18. The molecular formula is C12H20BrNO5S. The zero-order chi connectivity index (χ0) is 15.2. The number of rotatable bonds is 9. The Morgan fingerprint density at radius 3 is 2.75 bits per heavy atom. The van der Waals surface area contributed by atoms with Crippen molar-refractivity contribution in [3.63, 3.8) is 0 Å². The van der Waals surface area contributed by atoms with Crippen molar-refractivity contribution >= 4 is 26.0 Å². The molecule has 0 aliphatic carbocycles. The fraction of sp³-hybridized carbons (Fsp3) is 0.667. The zero-order valence-electron chi connectivity index (χ0n) is 11.6. The third-order valence-electron chi connectivity index (χ3n) is 2.36. The van der Waals surface area contributed by atoms with Crippen LogP contribution >= 0.6 is 15.9 Å². The second kappa shape index (κ2) is 8.14. The molecule has 0 radical (unpaired) electrons. The molecule has 2 N–H and O–H groups in total. The summed E-state index contributed by atoms with van der Waals surface area (Å²) in [5.41, 5.74) is 0. The molecule has 0 unspecified atom stereocenters. The predicted molar refractivity (Wildman–Crippen MR) is 77.8 cm³/mol. The van der Waals surface area contributed by atoms with E-state index in [-0.39, 0.29) is 28.5 Å². The highest BCUT2D eigenvalue weighted by molar-refractivity contribution is 9.10. The number of furan rings is 1. The van der Waals surface area contributed by atoms with Crippen LogP contribution in [0.1, 0.15) is 26.0 Å². The quantitative estimate of drug-likeness (QED) is 0.648. The Morgan fingerprint density at radius 2 is 2.20 bits per heavy atom. The van der Waals surface area contributed by atoms with E-state index in [9.17, 15) is 8.42 Å². The van der Waals surface area contributed by atoms with Crippen LogP contribution < -0.4 is 4.72 Å². The summed E-state index contributed by atoms with van der Waals surface area (Å²) in [5, 5.41) is 8.91. The maximum atomic E-state index is 12.0. The Bertz CT molecular complexity index is 512. The standard InChI is InChI=1S/C12H20BrNO5S/c1-9(2)8-18-5-3-4-14-20(16,17)11-6-10(7-15)19-12(11)13/h6,9,14-15H,3-5,7-8H2,1-2H3. The average molecular weight is 370 g/mol. The molecule has 116 valence electrons. The van der Waals surface area contributed by atoms with Gasteiger partial charge in [-0.15, -0.1) is 0 Å². The van der Waals surface area contributed by atoms with Crippen LogP contribution in [-0.2, 0) is 21.4 Å². The van der Waals surface area contributed by atoms with Gasteiger partial charge in [0.2, 0.25) is 10.0 Å². The van der Waals surface area contributed by atoms with Crippen LogP contribution in [0.15, 0.2) is 20.0 Å². The van der Waals surface area contributed by atoms with Crippen molar-refractivity contribution in [2.75, 3.05) is 19.8 Å². The van der Waals surface area contributed by atoms with Crippen molar-refractivity contribution in [1.29, 1.82) is 0 Å². The van der Waals surface area contributed by atoms with Crippen LogP contribution in [0.25, 0.3) is 0 Å². The van der Waals surface area contributed by atoms with E-state index >= 15 is 0 Å². The number of ether oxygens (including phenoxy) is 1. The first-order valence-electron chi connectivity index (χ1n) is 6.33. The first-order chi connectivity index (χ1) is 9.36. The summed E-state index contributed by atoms with van der Waals surface area (Å²) >= 11 is 3.02. The number of halogens is 1. The Morgan fingerprint density at radius 1 is 1.50 bits per heavy atom. The van der Waals surface area contributed by atoms with Gasteiger partial charge in [-0.05, 0) is 28.3 Å². The Labute approximate surface area is 127 Å². The fourth-order valence-corrected chi connectivity index (χ4v) is 3.51. The van der Waals surface area contributed by atoms with Gasteiger partial charge in [0.1, 0.15) is 17.3 Å². The van der Waals surface area contributed by atoms with Crippen molar-refractivity contribution in [3.8, 4) is 0 Å². The summed E-state index contributed by atoms with van der Waals surface area (Å²) in [6.45, 7) is 5.22. The van der Waals surface area contributed by atoms with Crippen LogP contribution in [-0.4, -0.2) is 33.3 Å². The lowest BCUT2D eigenvalue weighted by Crippen LogP contribution is -2.25. The van der Waals surface area contributed by atoms with Gasteiger partial charge in [-0.25, -0.2) is 13.1 Å². The number of hydrogen-bond acceptors (Lipinski definition) is 5. The molecule has 0 aliphatic rings. The maximum absolute atomic E-state index is 12.0. The minimum atomic E-state index is -3.64. The lowest BCUT2D eigenvalue weighted by molar-refractivity contribution is 0.108. The van der Waals surface area contributed by atoms with Gasteiger partial charge in [0.15, 0.2) is 4.67 Å². The molecule has 0 saturated carbocycles. The molecular weight excluding hydrogens is 350 g/mol. The van der Waals surface area contributed by atoms with Gasteiger partial charge in [-0.2, -0.15) is 0 Å². The Balaban J connectivity index is 2.43. The van der Waals surface area contributed by atoms with E-state index in [2.05, 4.69) is 34.5 Å². The molecule has 20 heavy (non-hydrogen) atoms. The summed E-state index contributed by atoms with van der Waals surface area (Å²) in [6.07, 6.45) is 0.592. The maximum Gasteiger partial charge on any atom is 0.244 e. The SMILES string of the molecule is CC(C)COCCCNS(=O)(=O)c1cc(CO)oc1Br. The van der Waals surface area contributed by atoms with Crippen LogP contribution in [0.5, 0.6) is 0 Å². The molecule has 1 rings (SSSR count). The Hall–Kier alpha value is -0.410. The van der Waals surface area contributed by atoms with E-state index < -0.39 is 10.0 Å². The lowest BCUT2D eigenvalue weighted by Gasteiger charge is -2.07. The summed E-state index contributed by atoms with van der Waals surface area (Å²) in [4.78, 5) is -0.00958. The van der Waals surface area contributed by atoms with Gasteiger partial charge in [0.05, 0.1) is 0 Å². The molecule has 8 heteroatoms. The molecule has 1 heterocycles.